The predicted molar refractivity (Wildman–Crippen MR) is 75.5 cm³/mol. The fourth-order valence-corrected chi connectivity index (χ4v) is 3.16. The van der Waals surface area contributed by atoms with Crippen LogP contribution in [0.2, 0.25) is 0 Å². The molecule has 1 aromatic carbocycles. The highest BCUT2D eigenvalue weighted by atomic mass is 16.6. The molecule has 4 rings (SSSR count). The van der Waals surface area contributed by atoms with Crippen LogP contribution in [0.15, 0.2) is 22.8 Å². The van der Waals surface area contributed by atoms with Crippen molar-refractivity contribution in [1.82, 2.24) is 20.1 Å². The molecule has 22 heavy (non-hydrogen) atoms. The van der Waals surface area contributed by atoms with Crippen LogP contribution >= 0.6 is 0 Å². The predicted octanol–water partition coefficient (Wildman–Crippen LogP) is 0.958. The van der Waals surface area contributed by atoms with Crippen molar-refractivity contribution in [3.8, 4) is 0 Å². The van der Waals surface area contributed by atoms with Crippen LogP contribution in [0.5, 0.6) is 0 Å². The fraction of sp³-hybridized carbons (Fsp3) is 0.500. The molecule has 0 radical (unpaired) electrons. The molecule has 1 aromatic heterocycles. The van der Waals surface area contributed by atoms with Gasteiger partial charge in [-0.05, 0) is 28.0 Å². The Bertz CT molecular complexity index is 703. The molecule has 1 N–H and O–H groups in total. The van der Waals surface area contributed by atoms with Crippen LogP contribution in [0.4, 0.5) is 4.79 Å². The van der Waals surface area contributed by atoms with Crippen LogP contribution in [0, 0.1) is 0 Å². The van der Waals surface area contributed by atoms with E-state index in [4.69, 9.17) is 14.5 Å². The number of benzene rings is 1. The first-order valence-corrected chi connectivity index (χ1v) is 7.26. The third-order valence-electron chi connectivity index (χ3n) is 4.41. The number of nitrogens with zero attached hydrogens (tertiary/aromatic N) is 4. The van der Waals surface area contributed by atoms with Crippen molar-refractivity contribution in [1.29, 1.82) is 0 Å². The molecule has 2 atom stereocenters. The highest BCUT2D eigenvalue weighted by Gasteiger charge is 2.35. The maximum Gasteiger partial charge on any atom is 0.407 e. The van der Waals surface area contributed by atoms with Gasteiger partial charge in [-0.3, -0.25) is 4.90 Å². The van der Waals surface area contributed by atoms with Crippen LogP contribution in [0.3, 0.4) is 0 Å². The number of piperazine rings is 1. The van der Waals surface area contributed by atoms with Gasteiger partial charge in [-0.15, -0.1) is 0 Å². The molecule has 8 nitrogen and oxygen atoms in total. The lowest BCUT2D eigenvalue weighted by Crippen LogP contribution is -2.59. The van der Waals surface area contributed by atoms with E-state index in [9.17, 15) is 4.79 Å². The molecule has 2 aliphatic rings. The van der Waals surface area contributed by atoms with E-state index in [2.05, 4.69) is 15.2 Å². The molecule has 3 heterocycles. The SMILES string of the molecule is O=C(O)N1CCN2CC(c3ccc4nonc4c3)OC[C@@H]2C1. The quantitative estimate of drug-likeness (QED) is 0.838. The van der Waals surface area contributed by atoms with Gasteiger partial charge in [0.15, 0.2) is 0 Å². The zero-order valence-electron chi connectivity index (χ0n) is 11.9. The van der Waals surface area contributed by atoms with Crippen LogP contribution < -0.4 is 0 Å². The number of hydrogen-bond donors (Lipinski definition) is 1. The number of carbonyl (C=O) groups is 1. The Morgan fingerprint density at radius 2 is 2.09 bits per heavy atom. The van der Waals surface area contributed by atoms with Crippen LogP contribution in [0.1, 0.15) is 11.7 Å². The summed E-state index contributed by atoms with van der Waals surface area (Å²) in [4.78, 5) is 14.8. The van der Waals surface area contributed by atoms with Gasteiger partial charge in [0.1, 0.15) is 11.0 Å². The average molecular weight is 304 g/mol. The zero-order valence-corrected chi connectivity index (χ0v) is 11.9. The molecule has 2 aromatic rings. The van der Waals surface area contributed by atoms with Crippen molar-refractivity contribution in [3.05, 3.63) is 23.8 Å². The van der Waals surface area contributed by atoms with Gasteiger partial charge in [0.25, 0.3) is 0 Å². The monoisotopic (exact) mass is 304 g/mol. The average Bonchev–Trinajstić information content (AvgIpc) is 3.01. The molecule has 1 amide bonds. The number of ether oxygens (including phenoxy) is 1. The normalized spacial score (nSPS) is 26.1. The summed E-state index contributed by atoms with van der Waals surface area (Å²) in [5.41, 5.74) is 2.49. The van der Waals surface area contributed by atoms with E-state index in [1.165, 1.54) is 4.90 Å². The topological polar surface area (TPSA) is 91.9 Å². The Balaban J connectivity index is 1.49. The lowest BCUT2D eigenvalue weighted by Gasteiger charge is -2.45. The van der Waals surface area contributed by atoms with Crippen molar-refractivity contribution >= 4 is 17.1 Å². The van der Waals surface area contributed by atoms with Gasteiger partial charge in [0.2, 0.25) is 0 Å². The number of fused-ring (bicyclic) bond motifs is 2. The van der Waals surface area contributed by atoms with Crippen molar-refractivity contribution in [2.45, 2.75) is 12.1 Å². The first-order chi connectivity index (χ1) is 10.7. The van der Waals surface area contributed by atoms with E-state index in [-0.39, 0.29) is 12.1 Å². The van der Waals surface area contributed by atoms with E-state index in [0.717, 1.165) is 29.7 Å². The van der Waals surface area contributed by atoms with Gasteiger partial charge in [0.05, 0.1) is 18.8 Å². The van der Waals surface area contributed by atoms with E-state index in [0.29, 0.717) is 19.7 Å². The minimum Gasteiger partial charge on any atom is -0.465 e. The maximum atomic E-state index is 11.1. The molecule has 0 bridgehead atoms. The first kappa shape index (κ1) is 13.5. The molecule has 2 aliphatic heterocycles. The van der Waals surface area contributed by atoms with Gasteiger partial charge in [-0.1, -0.05) is 6.07 Å². The summed E-state index contributed by atoms with van der Waals surface area (Å²) >= 11 is 0. The summed E-state index contributed by atoms with van der Waals surface area (Å²) in [6.45, 7) is 3.09. The van der Waals surface area contributed by atoms with E-state index < -0.39 is 6.09 Å². The van der Waals surface area contributed by atoms with E-state index in [1.54, 1.807) is 0 Å². The van der Waals surface area contributed by atoms with E-state index >= 15 is 0 Å². The second-order valence-electron chi connectivity index (χ2n) is 5.71. The zero-order chi connectivity index (χ0) is 15.1. The van der Waals surface area contributed by atoms with Gasteiger partial charge < -0.3 is 14.7 Å². The van der Waals surface area contributed by atoms with Crippen molar-refractivity contribution in [2.24, 2.45) is 0 Å². The Hall–Kier alpha value is -2.19. The number of aromatic nitrogens is 2. The van der Waals surface area contributed by atoms with Gasteiger partial charge in [-0.2, -0.15) is 0 Å². The Labute approximate surface area is 126 Å². The molecule has 0 aliphatic carbocycles. The highest BCUT2D eigenvalue weighted by Crippen LogP contribution is 2.28. The van der Waals surface area contributed by atoms with Crippen molar-refractivity contribution < 1.29 is 19.3 Å². The third-order valence-corrected chi connectivity index (χ3v) is 4.41. The minimum atomic E-state index is -0.856. The fourth-order valence-electron chi connectivity index (χ4n) is 3.16. The van der Waals surface area contributed by atoms with Gasteiger partial charge in [0, 0.05) is 26.2 Å². The third kappa shape index (κ3) is 2.30. The Morgan fingerprint density at radius 1 is 1.23 bits per heavy atom. The summed E-state index contributed by atoms with van der Waals surface area (Å²) in [6.07, 6.45) is -0.889. The van der Waals surface area contributed by atoms with Crippen molar-refractivity contribution in [3.63, 3.8) is 0 Å². The number of carboxylic acid groups (broad SMARTS) is 1. The highest BCUT2D eigenvalue weighted by molar-refractivity contribution is 5.73. The van der Waals surface area contributed by atoms with Crippen LogP contribution in [-0.2, 0) is 4.74 Å². The molecule has 0 spiro atoms. The van der Waals surface area contributed by atoms with Gasteiger partial charge >= 0.3 is 6.09 Å². The number of morpholine rings is 1. The molecule has 2 fully saturated rings. The summed E-state index contributed by atoms with van der Waals surface area (Å²) < 4.78 is 10.7. The number of hydrogen-bond acceptors (Lipinski definition) is 6. The van der Waals surface area contributed by atoms with Crippen molar-refractivity contribution in [2.75, 3.05) is 32.8 Å². The summed E-state index contributed by atoms with van der Waals surface area (Å²) in [7, 11) is 0. The standard InChI is InChI=1S/C14H16N4O4/c19-14(20)18-4-3-17-7-13(21-8-10(17)6-18)9-1-2-11-12(5-9)16-22-15-11/h1-2,5,10,13H,3-4,6-8H2,(H,19,20)/t10-,13?/m0/s1. The molecule has 1 unspecified atom stereocenters. The molecule has 8 heteroatoms. The lowest BCUT2D eigenvalue weighted by atomic mass is 10.0. The smallest absolute Gasteiger partial charge is 0.407 e. The Kier molecular flexibility index (Phi) is 3.20. The summed E-state index contributed by atoms with van der Waals surface area (Å²) in [5, 5.41) is 16.7. The van der Waals surface area contributed by atoms with E-state index in [1.807, 2.05) is 18.2 Å². The minimum absolute atomic E-state index is 0.0336. The number of amides is 1. The second-order valence-corrected chi connectivity index (χ2v) is 5.71. The Morgan fingerprint density at radius 3 is 2.95 bits per heavy atom. The second kappa shape index (κ2) is 5.22. The van der Waals surface area contributed by atoms with Crippen LogP contribution in [0.25, 0.3) is 11.0 Å². The van der Waals surface area contributed by atoms with Gasteiger partial charge in [-0.25, -0.2) is 9.42 Å². The maximum absolute atomic E-state index is 11.1. The summed E-state index contributed by atoms with van der Waals surface area (Å²) in [5.74, 6) is 0. The summed E-state index contributed by atoms with van der Waals surface area (Å²) in [6, 6.07) is 5.92. The number of rotatable bonds is 1. The molecule has 2 saturated heterocycles. The molecule has 116 valence electrons. The molecular weight excluding hydrogens is 288 g/mol. The molecular formula is C14H16N4O4. The van der Waals surface area contributed by atoms with Crippen LogP contribution in [-0.4, -0.2) is 70.1 Å². The lowest BCUT2D eigenvalue weighted by molar-refractivity contribution is -0.0866. The molecule has 0 saturated carbocycles. The largest absolute Gasteiger partial charge is 0.465 e. The first-order valence-electron chi connectivity index (χ1n) is 7.26.